The number of hydrogen-bond acceptors (Lipinski definition) is 5. The van der Waals surface area contributed by atoms with Gasteiger partial charge < -0.3 is 12.4 Å². The molecule has 1 aromatic heterocycles. The standard InChI is InChI=1S/C19H34N6.ClH/c1-2-18(19-20-21-22-25(19)17-10-4-3-5-11-17)24-14-12-23(13-15-24)16-8-6-7-9-16;/h16-18H,2-15H2,1H3;1H/p-1. The van der Waals surface area contributed by atoms with Gasteiger partial charge in [0.15, 0.2) is 5.82 Å². The lowest BCUT2D eigenvalue weighted by Crippen LogP contribution is -3.00. The Labute approximate surface area is 164 Å². The van der Waals surface area contributed by atoms with Crippen molar-refractivity contribution >= 4 is 0 Å². The molecule has 2 saturated carbocycles. The van der Waals surface area contributed by atoms with E-state index in [1.165, 1.54) is 70.9 Å². The van der Waals surface area contributed by atoms with Gasteiger partial charge in [0, 0.05) is 32.2 Å². The summed E-state index contributed by atoms with van der Waals surface area (Å²) >= 11 is 0. The number of piperazine rings is 1. The van der Waals surface area contributed by atoms with E-state index in [9.17, 15) is 0 Å². The Morgan fingerprint density at radius 2 is 1.50 bits per heavy atom. The topological polar surface area (TPSA) is 50.1 Å². The maximum absolute atomic E-state index is 4.48. The van der Waals surface area contributed by atoms with Crippen molar-refractivity contribution in [3.05, 3.63) is 5.82 Å². The van der Waals surface area contributed by atoms with Crippen LogP contribution < -0.4 is 12.4 Å². The summed E-state index contributed by atoms with van der Waals surface area (Å²) in [6, 6.07) is 1.75. The Morgan fingerprint density at radius 1 is 0.885 bits per heavy atom. The minimum Gasteiger partial charge on any atom is -1.00 e. The van der Waals surface area contributed by atoms with Crippen LogP contribution in [0.2, 0.25) is 0 Å². The third-order valence-electron chi connectivity index (χ3n) is 6.75. The zero-order valence-corrected chi connectivity index (χ0v) is 16.9. The summed E-state index contributed by atoms with van der Waals surface area (Å²) in [4.78, 5) is 5.37. The lowest BCUT2D eigenvalue weighted by molar-refractivity contribution is -0.00000559. The van der Waals surface area contributed by atoms with Gasteiger partial charge in [0.1, 0.15) is 0 Å². The Bertz CT molecular complexity index is 530. The van der Waals surface area contributed by atoms with Gasteiger partial charge in [0.2, 0.25) is 0 Å². The molecule has 1 aliphatic heterocycles. The normalized spacial score (nSPS) is 25.3. The van der Waals surface area contributed by atoms with Crippen LogP contribution in [0.4, 0.5) is 0 Å². The van der Waals surface area contributed by atoms with E-state index in [0.717, 1.165) is 31.4 Å². The van der Waals surface area contributed by atoms with Gasteiger partial charge in [-0.25, -0.2) is 4.68 Å². The molecule has 3 fully saturated rings. The molecule has 1 saturated heterocycles. The van der Waals surface area contributed by atoms with Crippen LogP contribution in [-0.4, -0.2) is 62.2 Å². The molecule has 2 heterocycles. The van der Waals surface area contributed by atoms with E-state index in [1.54, 1.807) is 0 Å². The van der Waals surface area contributed by atoms with E-state index in [4.69, 9.17) is 0 Å². The SMILES string of the molecule is CCC(c1nnnn1C1CCCCC1)N1CCN(C2CCCC2)CC1.[Cl-]. The molecule has 0 spiro atoms. The van der Waals surface area contributed by atoms with Crippen molar-refractivity contribution in [2.75, 3.05) is 26.2 Å². The van der Waals surface area contributed by atoms with Crippen LogP contribution >= 0.6 is 0 Å². The van der Waals surface area contributed by atoms with Gasteiger partial charge in [-0.2, -0.15) is 0 Å². The van der Waals surface area contributed by atoms with E-state index < -0.39 is 0 Å². The number of hydrogen-bond donors (Lipinski definition) is 0. The summed E-state index contributed by atoms with van der Waals surface area (Å²) < 4.78 is 2.18. The average Bonchev–Trinajstić information content (AvgIpc) is 3.36. The quantitative estimate of drug-likeness (QED) is 0.729. The van der Waals surface area contributed by atoms with Crippen molar-refractivity contribution in [2.24, 2.45) is 0 Å². The molecule has 6 nitrogen and oxygen atoms in total. The summed E-state index contributed by atoms with van der Waals surface area (Å²) in [5, 5.41) is 12.9. The Hall–Kier alpha value is -0.720. The van der Waals surface area contributed by atoms with Gasteiger partial charge in [-0.05, 0) is 42.5 Å². The molecular formula is C19H34ClN6-. The third-order valence-corrected chi connectivity index (χ3v) is 6.75. The van der Waals surface area contributed by atoms with Crippen LogP contribution in [0, 0.1) is 0 Å². The molecule has 1 aromatic rings. The van der Waals surface area contributed by atoms with Crippen molar-refractivity contribution in [2.45, 2.75) is 89.3 Å². The highest BCUT2D eigenvalue weighted by atomic mass is 35.5. The Kier molecular flexibility index (Phi) is 7.29. The molecule has 1 atom stereocenters. The smallest absolute Gasteiger partial charge is 0.168 e. The molecule has 26 heavy (non-hydrogen) atoms. The average molecular weight is 382 g/mol. The summed E-state index contributed by atoms with van der Waals surface area (Å²) in [6.45, 7) is 7.03. The van der Waals surface area contributed by atoms with Gasteiger partial charge in [0.25, 0.3) is 0 Å². The van der Waals surface area contributed by atoms with E-state index in [-0.39, 0.29) is 12.4 Å². The van der Waals surface area contributed by atoms with E-state index in [1.807, 2.05) is 0 Å². The summed E-state index contributed by atoms with van der Waals surface area (Å²) in [6.07, 6.45) is 13.3. The third kappa shape index (κ3) is 4.23. The van der Waals surface area contributed by atoms with Gasteiger partial charge in [-0.1, -0.05) is 39.0 Å². The van der Waals surface area contributed by atoms with Gasteiger partial charge in [-0.15, -0.1) is 5.10 Å². The van der Waals surface area contributed by atoms with E-state index in [2.05, 4.69) is 36.9 Å². The van der Waals surface area contributed by atoms with Crippen molar-refractivity contribution in [3.8, 4) is 0 Å². The fourth-order valence-corrected chi connectivity index (χ4v) is 5.29. The van der Waals surface area contributed by atoms with Crippen LogP contribution in [-0.2, 0) is 0 Å². The van der Waals surface area contributed by atoms with Crippen molar-refractivity contribution < 1.29 is 12.4 Å². The first-order valence-electron chi connectivity index (χ1n) is 10.6. The molecule has 0 amide bonds. The van der Waals surface area contributed by atoms with Crippen LogP contribution in [0.1, 0.15) is 89.0 Å². The molecule has 7 heteroatoms. The number of tetrazole rings is 1. The second-order valence-electron chi connectivity index (χ2n) is 8.21. The molecule has 2 aliphatic carbocycles. The molecule has 0 radical (unpaired) electrons. The van der Waals surface area contributed by atoms with Crippen molar-refractivity contribution in [1.82, 2.24) is 30.0 Å². The van der Waals surface area contributed by atoms with E-state index >= 15 is 0 Å². The van der Waals surface area contributed by atoms with Crippen LogP contribution in [0.25, 0.3) is 0 Å². The summed E-state index contributed by atoms with van der Waals surface area (Å²) in [5.74, 6) is 1.11. The number of halogens is 1. The highest BCUT2D eigenvalue weighted by Crippen LogP contribution is 2.32. The maximum atomic E-state index is 4.48. The van der Waals surface area contributed by atoms with Crippen LogP contribution in [0.15, 0.2) is 0 Å². The van der Waals surface area contributed by atoms with Gasteiger partial charge in [-0.3, -0.25) is 9.80 Å². The minimum atomic E-state index is 0. The first kappa shape index (κ1) is 20.0. The Morgan fingerprint density at radius 3 is 2.15 bits per heavy atom. The molecule has 4 rings (SSSR count). The van der Waals surface area contributed by atoms with Gasteiger partial charge in [0.05, 0.1) is 12.1 Å². The molecule has 148 valence electrons. The highest BCUT2D eigenvalue weighted by Gasteiger charge is 2.32. The summed E-state index contributed by atoms with van der Waals surface area (Å²) in [5.41, 5.74) is 0. The largest absolute Gasteiger partial charge is 1.00 e. The fraction of sp³-hybridized carbons (Fsp3) is 0.947. The lowest BCUT2D eigenvalue weighted by atomic mass is 9.95. The van der Waals surface area contributed by atoms with Crippen molar-refractivity contribution in [3.63, 3.8) is 0 Å². The minimum absolute atomic E-state index is 0. The van der Waals surface area contributed by atoms with Gasteiger partial charge >= 0.3 is 0 Å². The highest BCUT2D eigenvalue weighted by molar-refractivity contribution is 4.97. The second kappa shape index (κ2) is 9.47. The molecule has 0 aromatic carbocycles. The van der Waals surface area contributed by atoms with E-state index in [0.29, 0.717) is 12.1 Å². The van der Waals surface area contributed by atoms with Crippen LogP contribution in [0.5, 0.6) is 0 Å². The molecular weight excluding hydrogens is 348 g/mol. The zero-order chi connectivity index (χ0) is 17.1. The molecule has 0 N–H and O–H groups in total. The predicted octanol–water partition coefficient (Wildman–Crippen LogP) is 0.194. The number of aromatic nitrogens is 4. The predicted molar refractivity (Wildman–Crippen MR) is 98.4 cm³/mol. The Balaban J connectivity index is 0.00000196. The molecule has 3 aliphatic rings. The zero-order valence-electron chi connectivity index (χ0n) is 16.2. The number of rotatable bonds is 5. The van der Waals surface area contributed by atoms with Crippen molar-refractivity contribution in [1.29, 1.82) is 0 Å². The number of nitrogens with zero attached hydrogens (tertiary/aromatic N) is 6. The monoisotopic (exact) mass is 381 g/mol. The maximum Gasteiger partial charge on any atom is 0.168 e. The molecule has 1 unspecified atom stereocenters. The lowest BCUT2D eigenvalue weighted by Gasteiger charge is -2.41. The molecule has 0 bridgehead atoms. The summed E-state index contributed by atoms with van der Waals surface area (Å²) in [7, 11) is 0. The fourth-order valence-electron chi connectivity index (χ4n) is 5.29. The first-order chi connectivity index (χ1) is 12.4. The van der Waals surface area contributed by atoms with Crippen LogP contribution in [0.3, 0.4) is 0 Å². The first-order valence-corrected chi connectivity index (χ1v) is 10.6. The second-order valence-corrected chi connectivity index (χ2v) is 8.21.